The highest BCUT2D eigenvalue weighted by atomic mass is 32.2. The summed E-state index contributed by atoms with van der Waals surface area (Å²) >= 11 is 0. The average molecular weight is 298 g/mol. The number of hydrogen-bond donors (Lipinski definition) is 1. The van der Waals surface area contributed by atoms with E-state index in [1.54, 1.807) is 18.2 Å². The van der Waals surface area contributed by atoms with Gasteiger partial charge in [-0.05, 0) is 25.0 Å². The summed E-state index contributed by atoms with van der Waals surface area (Å²) in [6, 6.07) is 6.40. The maximum Gasteiger partial charge on any atom is 0.339 e. The predicted octanol–water partition coefficient (Wildman–Crippen LogP) is 1.62. The lowest BCUT2D eigenvalue weighted by Gasteiger charge is -2.26. The highest BCUT2D eigenvalue weighted by Crippen LogP contribution is 2.20. The van der Waals surface area contributed by atoms with Crippen LogP contribution < -0.4 is 4.72 Å². The Bertz CT molecular complexity index is 580. The second kappa shape index (κ2) is 6.23. The van der Waals surface area contributed by atoms with Gasteiger partial charge in [0.15, 0.2) is 0 Å². The maximum atomic E-state index is 12.3. The lowest BCUT2D eigenvalue weighted by Crippen LogP contribution is -2.39. The normalized spacial score (nSPS) is 16.6. The van der Waals surface area contributed by atoms with Crippen molar-refractivity contribution >= 4 is 21.9 Å². The molecule has 1 N–H and O–H groups in total. The summed E-state index contributed by atoms with van der Waals surface area (Å²) in [5.74, 6) is -0.568. The largest absolute Gasteiger partial charge is 0.465 e. The minimum absolute atomic E-state index is 0.204. The zero-order valence-electron chi connectivity index (χ0n) is 11.3. The van der Waals surface area contributed by atoms with Crippen molar-refractivity contribution in [1.29, 1.82) is 0 Å². The van der Waals surface area contributed by atoms with Gasteiger partial charge in [-0.2, -0.15) is 12.7 Å². The van der Waals surface area contributed by atoms with E-state index in [4.69, 9.17) is 0 Å². The number of nitrogens with one attached hydrogen (secondary N) is 1. The molecule has 0 saturated carbocycles. The molecule has 0 unspecified atom stereocenters. The molecule has 1 fully saturated rings. The van der Waals surface area contributed by atoms with E-state index in [0.29, 0.717) is 13.1 Å². The summed E-state index contributed by atoms with van der Waals surface area (Å²) in [5, 5.41) is 0. The quantitative estimate of drug-likeness (QED) is 0.857. The Morgan fingerprint density at radius 2 is 1.85 bits per heavy atom. The number of anilines is 1. The second-order valence-electron chi connectivity index (χ2n) is 4.60. The van der Waals surface area contributed by atoms with E-state index in [0.717, 1.165) is 19.3 Å². The Balaban J connectivity index is 2.23. The predicted molar refractivity (Wildman–Crippen MR) is 75.7 cm³/mol. The molecule has 2 rings (SSSR count). The van der Waals surface area contributed by atoms with Crippen molar-refractivity contribution in [3.8, 4) is 0 Å². The van der Waals surface area contributed by atoms with E-state index < -0.39 is 16.2 Å². The van der Waals surface area contributed by atoms with Crippen LogP contribution in [0.15, 0.2) is 24.3 Å². The van der Waals surface area contributed by atoms with E-state index in [9.17, 15) is 13.2 Å². The molecule has 1 aliphatic rings. The molecule has 0 atom stereocenters. The highest BCUT2D eigenvalue weighted by Gasteiger charge is 2.25. The SMILES string of the molecule is COC(=O)c1ccccc1NS(=O)(=O)N1CCCCC1. The van der Waals surface area contributed by atoms with Crippen LogP contribution in [0.25, 0.3) is 0 Å². The molecular formula is C13H18N2O4S. The molecule has 0 radical (unpaired) electrons. The fourth-order valence-electron chi connectivity index (χ4n) is 2.17. The van der Waals surface area contributed by atoms with E-state index in [2.05, 4.69) is 9.46 Å². The first-order chi connectivity index (χ1) is 9.54. The zero-order valence-corrected chi connectivity index (χ0v) is 12.1. The van der Waals surface area contributed by atoms with Crippen molar-refractivity contribution in [2.45, 2.75) is 19.3 Å². The van der Waals surface area contributed by atoms with Gasteiger partial charge in [-0.15, -0.1) is 0 Å². The first kappa shape index (κ1) is 14.8. The molecule has 1 aromatic rings. The molecule has 0 spiro atoms. The topological polar surface area (TPSA) is 75.7 Å². The Hall–Kier alpha value is -1.60. The minimum atomic E-state index is -3.63. The number of nitrogens with zero attached hydrogens (tertiary/aromatic N) is 1. The molecule has 6 nitrogen and oxygen atoms in total. The molecule has 0 bridgehead atoms. The molecule has 1 heterocycles. The number of ether oxygens (including phenoxy) is 1. The molecule has 0 amide bonds. The number of para-hydroxylation sites is 1. The Morgan fingerprint density at radius 3 is 2.50 bits per heavy atom. The summed E-state index contributed by atoms with van der Waals surface area (Å²) in [7, 11) is -2.36. The number of hydrogen-bond acceptors (Lipinski definition) is 4. The van der Waals surface area contributed by atoms with Crippen molar-refractivity contribution in [3.63, 3.8) is 0 Å². The van der Waals surface area contributed by atoms with E-state index in [-0.39, 0.29) is 11.3 Å². The standard InChI is InChI=1S/C13H18N2O4S/c1-19-13(16)11-7-3-4-8-12(11)14-20(17,18)15-9-5-2-6-10-15/h3-4,7-8,14H,2,5-6,9-10H2,1H3. The van der Waals surface area contributed by atoms with Crippen LogP contribution in [0.5, 0.6) is 0 Å². The molecule has 110 valence electrons. The third-order valence-electron chi connectivity index (χ3n) is 3.23. The van der Waals surface area contributed by atoms with Crippen molar-refractivity contribution in [2.24, 2.45) is 0 Å². The Morgan fingerprint density at radius 1 is 1.20 bits per heavy atom. The number of rotatable bonds is 4. The van der Waals surface area contributed by atoms with Gasteiger partial charge in [0.05, 0.1) is 18.4 Å². The molecule has 20 heavy (non-hydrogen) atoms. The molecule has 0 aliphatic carbocycles. The van der Waals surface area contributed by atoms with Crippen LogP contribution in [0, 0.1) is 0 Å². The van der Waals surface area contributed by atoms with Crippen molar-refractivity contribution in [1.82, 2.24) is 4.31 Å². The van der Waals surface area contributed by atoms with Crippen LogP contribution >= 0.6 is 0 Å². The average Bonchev–Trinajstić information content (AvgIpc) is 2.47. The van der Waals surface area contributed by atoms with Gasteiger partial charge in [0, 0.05) is 13.1 Å². The lowest BCUT2D eigenvalue weighted by molar-refractivity contribution is 0.0602. The van der Waals surface area contributed by atoms with Crippen LogP contribution in [-0.4, -0.2) is 38.9 Å². The number of benzene rings is 1. The minimum Gasteiger partial charge on any atom is -0.465 e. The van der Waals surface area contributed by atoms with Crippen molar-refractivity contribution < 1.29 is 17.9 Å². The van der Waals surface area contributed by atoms with Gasteiger partial charge in [0.2, 0.25) is 0 Å². The Labute approximate surface area is 118 Å². The fourth-order valence-corrected chi connectivity index (χ4v) is 3.49. The number of carbonyl (C=O) groups is 1. The number of carbonyl (C=O) groups excluding carboxylic acids is 1. The van der Waals surface area contributed by atoms with Crippen molar-refractivity contribution in [2.75, 3.05) is 24.9 Å². The molecule has 1 aromatic carbocycles. The van der Waals surface area contributed by atoms with E-state index >= 15 is 0 Å². The fraction of sp³-hybridized carbons (Fsp3) is 0.462. The summed E-state index contributed by atoms with van der Waals surface area (Å²) in [6.45, 7) is 1.02. The van der Waals surface area contributed by atoms with Gasteiger partial charge in [0.25, 0.3) is 0 Å². The summed E-state index contributed by atoms with van der Waals surface area (Å²) in [5.41, 5.74) is 0.445. The zero-order chi connectivity index (χ0) is 14.6. The molecule has 0 aromatic heterocycles. The van der Waals surface area contributed by atoms with Crippen LogP contribution in [0.3, 0.4) is 0 Å². The van der Waals surface area contributed by atoms with Gasteiger partial charge in [-0.1, -0.05) is 18.6 Å². The summed E-state index contributed by atoms with van der Waals surface area (Å²) in [4.78, 5) is 11.6. The number of methoxy groups -OCH3 is 1. The lowest BCUT2D eigenvalue weighted by atomic mass is 10.2. The third kappa shape index (κ3) is 3.29. The van der Waals surface area contributed by atoms with Crippen LogP contribution in [0.4, 0.5) is 5.69 Å². The monoisotopic (exact) mass is 298 g/mol. The van der Waals surface area contributed by atoms with Crippen LogP contribution in [-0.2, 0) is 14.9 Å². The summed E-state index contributed by atoms with van der Waals surface area (Å²) in [6.07, 6.45) is 2.77. The van der Waals surface area contributed by atoms with Gasteiger partial charge >= 0.3 is 16.2 Å². The van der Waals surface area contributed by atoms with Gasteiger partial charge in [0.1, 0.15) is 0 Å². The van der Waals surface area contributed by atoms with E-state index in [1.165, 1.54) is 17.5 Å². The molecule has 1 aliphatic heterocycles. The van der Waals surface area contributed by atoms with E-state index in [1.807, 2.05) is 0 Å². The van der Waals surface area contributed by atoms with Crippen LogP contribution in [0.2, 0.25) is 0 Å². The molecule has 7 heteroatoms. The molecular weight excluding hydrogens is 280 g/mol. The van der Waals surface area contributed by atoms with Crippen LogP contribution in [0.1, 0.15) is 29.6 Å². The van der Waals surface area contributed by atoms with Gasteiger partial charge < -0.3 is 4.74 Å². The number of piperidine rings is 1. The Kier molecular flexibility index (Phi) is 4.61. The summed E-state index contributed by atoms with van der Waals surface area (Å²) < 4.78 is 33.1. The second-order valence-corrected chi connectivity index (χ2v) is 6.27. The highest BCUT2D eigenvalue weighted by molar-refractivity contribution is 7.90. The van der Waals surface area contributed by atoms with Gasteiger partial charge in [-0.25, -0.2) is 4.79 Å². The first-order valence-corrected chi connectivity index (χ1v) is 7.94. The first-order valence-electron chi connectivity index (χ1n) is 6.50. The molecule has 1 saturated heterocycles. The maximum absolute atomic E-state index is 12.3. The van der Waals surface area contributed by atoms with Crippen molar-refractivity contribution in [3.05, 3.63) is 29.8 Å². The third-order valence-corrected chi connectivity index (χ3v) is 4.75. The van der Waals surface area contributed by atoms with Gasteiger partial charge in [-0.3, -0.25) is 4.72 Å². The number of esters is 1. The smallest absolute Gasteiger partial charge is 0.339 e.